The summed E-state index contributed by atoms with van der Waals surface area (Å²) in [7, 11) is 13.4. The summed E-state index contributed by atoms with van der Waals surface area (Å²) in [4.78, 5) is 0. The van der Waals surface area contributed by atoms with E-state index in [9.17, 15) is 0 Å². The van der Waals surface area contributed by atoms with Crippen LogP contribution in [-0.4, -0.2) is 23.4 Å². The quantitative estimate of drug-likeness (QED) is 0.335. The van der Waals surface area contributed by atoms with E-state index in [0.29, 0.717) is 0 Å². The van der Waals surface area contributed by atoms with E-state index < -0.39 is 24.0 Å². The van der Waals surface area contributed by atoms with Crippen LogP contribution in [0.3, 0.4) is 0 Å². The van der Waals surface area contributed by atoms with Crippen molar-refractivity contribution in [3.8, 4) is 0 Å². The third kappa shape index (κ3) is 5.39. The van der Waals surface area contributed by atoms with Gasteiger partial charge in [0.25, 0.3) is 0 Å². The average molecular weight is 505 g/mol. The van der Waals surface area contributed by atoms with Crippen LogP contribution in [0.4, 0.5) is 0 Å². The van der Waals surface area contributed by atoms with E-state index in [1.54, 1.807) is 0 Å². The SMILES string of the molecule is C[P+](c1ccccc1)(c1ccccc1)c1ccccc1.[Cl][Sb]([Cl])[Cl]. The Hall–Kier alpha value is -0.222. The first-order valence-electron chi connectivity index (χ1n) is 7.36. The van der Waals surface area contributed by atoms with Gasteiger partial charge in [0.05, 0.1) is 6.66 Å². The Morgan fingerprint density at radius 1 is 0.542 bits per heavy atom. The fraction of sp³-hybridized carbons (Fsp3) is 0.0526. The van der Waals surface area contributed by atoms with Crippen molar-refractivity contribution in [1.29, 1.82) is 0 Å². The summed E-state index contributed by atoms with van der Waals surface area (Å²) in [5.74, 6) is 0. The van der Waals surface area contributed by atoms with Crippen molar-refractivity contribution in [3.63, 3.8) is 0 Å². The molecule has 124 valence electrons. The van der Waals surface area contributed by atoms with Crippen molar-refractivity contribution in [1.82, 2.24) is 0 Å². The second-order valence-electron chi connectivity index (χ2n) is 5.20. The topological polar surface area (TPSA) is 0 Å². The van der Waals surface area contributed by atoms with Crippen LogP contribution in [0.2, 0.25) is 0 Å². The Bertz CT molecular complexity index is 622. The van der Waals surface area contributed by atoms with Crippen molar-refractivity contribution in [2.75, 3.05) is 6.66 Å². The predicted octanol–water partition coefficient (Wildman–Crippen LogP) is 5.30. The van der Waals surface area contributed by atoms with Crippen LogP contribution in [0, 0.1) is 0 Å². The molecule has 0 amide bonds. The summed E-state index contributed by atoms with van der Waals surface area (Å²) in [6.07, 6.45) is 0. The van der Waals surface area contributed by atoms with Gasteiger partial charge in [-0.05, 0) is 36.4 Å². The van der Waals surface area contributed by atoms with Crippen molar-refractivity contribution in [2.24, 2.45) is 0 Å². The van der Waals surface area contributed by atoms with Crippen molar-refractivity contribution in [3.05, 3.63) is 91.0 Å². The molecule has 0 saturated carbocycles. The van der Waals surface area contributed by atoms with Gasteiger partial charge in [-0.2, -0.15) is 0 Å². The average Bonchev–Trinajstić information content (AvgIpc) is 2.63. The van der Waals surface area contributed by atoms with Crippen molar-refractivity contribution >= 4 is 66.4 Å². The summed E-state index contributed by atoms with van der Waals surface area (Å²) in [6, 6.07) is 32.6. The van der Waals surface area contributed by atoms with E-state index in [4.69, 9.17) is 26.5 Å². The molecule has 0 N–H and O–H groups in total. The Morgan fingerprint density at radius 3 is 0.958 bits per heavy atom. The van der Waals surface area contributed by atoms with Gasteiger partial charge in [-0.1, -0.05) is 54.6 Å². The molecule has 3 aromatic rings. The van der Waals surface area contributed by atoms with Gasteiger partial charge >= 0.3 is 43.3 Å². The summed E-state index contributed by atoms with van der Waals surface area (Å²) in [5.41, 5.74) is 0. The van der Waals surface area contributed by atoms with Gasteiger partial charge in [-0.3, -0.25) is 0 Å². The van der Waals surface area contributed by atoms with Gasteiger partial charge in [0.15, 0.2) is 0 Å². The first kappa shape index (κ1) is 20.1. The molecule has 0 heterocycles. The summed E-state index contributed by atoms with van der Waals surface area (Å²) < 4.78 is 0. The fourth-order valence-corrected chi connectivity index (χ4v) is 5.83. The summed E-state index contributed by atoms with van der Waals surface area (Å²) in [6.45, 7) is 2.41. The molecule has 0 nitrogen and oxygen atoms in total. The van der Waals surface area contributed by atoms with Gasteiger partial charge in [0, 0.05) is 0 Å². The molecular weight excluding hydrogens is 487 g/mol. The van der Waals surface area contributed by atoms with E-state index >= 15 is 0 Å². The zero-order valence-electron chi connectivity index (χ0n) is 13.2. The Morgan fingerprint density at radius 2 is 0.750 bits per heavy atom. The summed E-state index contributed by atoms with van der Waals surface area (Å²) in [5, 5.41) is 4.28. The van der Waals surface area contributed by atoms with Gasteiger partial charge in [0.2, 0.25) is 0 Å². The zero-order valence-corrected chi connectivity index (χ0v) is 18.9. The van der Waals surface area contributed by atoms with Crippen LogP contribution in [0.25, 0.3) is 0 Å². The summed E-state index contributed by atoms with van der Waals surface area (Å²) >= 11 is -2.03. The Balaban J connectivity index is 0.000000471. The minimum absolute atomic E-state index is 1.43. The molecule has 0 bridgehead atoms. The zero-order chi connectivity index (χ0) is 17.4. The molecule has 0 spiro atoms. The van der Waals surface area contributed by atoms with Crippen molar-refractivity contribution in [2.45, 2.75) is 0 Å². The number of rotatable bonds is 3. The maximum absolute atomic E-state index is 4.99. The first-order chi connectivity index (χ1) is 11.5. The van der Waals surface area contributed by atoms with Crippen molar-refractivity contribution < 1.29 is 0 Å². The normalized spacial score (nSPS) is 10.9. The maximum atomic E-state index is 4.99. The molecule has 0 unspecified atom stereocenters. The van der Waals surface area contributed by atoms with E-state index in [2.05, 4.69) is 97.7 Å². The first-order valence-corrected chi connectivity index (χ1v) is 19.3. The molecule has 3 aromatic carbocycles. The Labute approximate surface area is 163 Å². The molecule has 0 aliphatic carbocycles. The molecule has 3 rings (SSSR count). The van der Waals surface area contributed by atoms with E-state index in [-0.39, 0.29) is 0 Å². The van der Waals surface area contributed by atoms with Crippen LogP contribution in [0.15, 0.2) is 91.0 Å². The third-order valence-electron chi connectivity index (χ3n) is 3.82. The van der Waals surface area contributed by atoms with Crippen LogP contribution >= 0.6 is 33.7 Å². The molecule has 0 aliphatic heterocycles. The molecule has 0 fully saturated rings. The molecule has 5 heteroatoms. The number of hydrogen-bond donors (Lipinski definition) is 0. The van der Waals surface area contributed by atoms with Gasteiger partial charge < -0.3 is 0 Å². The number of halogens is 3. The molecule has 24 heavy (non-hydrogen) atoms. The fourth-order valence-electron chi connectivity index (χ4n) is 2.63. The predicted molar refractivity (Wildman–Crippen MR) is 114 cm³/mol. The van der Waals surface area contributed by atoms with E-state index in [1.165, 1.54) is 15.9 Å². The Kier molecular flexibility index (Phi) is 8.42. The van der Waals surface area contributed by atoms with Crippen LogP contribution in [0.5, 0.6) is 0 Å². The monoisotopic (exact) mass is 503 g/mol. The molecule has 0 aromatic heterocycles. The molecule has 0 saturated heterocycles. The van der Waals surface area contributed by atoms with E-state index in [1.807, 2.05) is 0 Å². The van der Waals surface area contributed by atoms with Gasteiger partial charge in [-0.15, -0.1) is 0 Å². The van der Waals surface area contributed by atoms with Gasteiger partial charge in [0.1, 0.15) is 23.2 Å². The third-order valence-corrected chi connectivity index (χ3v) is 7.81. The molecule has 0 aliphatic rings. The van der Waals surface area contributed by atoms with Gasteiger partial charge in [-0.25, -0.2) is 0 Å². The molecule has 0 atom stereocenters. The molecular formula is C19H18Cl3PSb+. The molecule has 0 radical (unpaired) electrons. The number of benzene rings is 3. The standard InChI is InChI=1S/C19H18P.3ClH.Sb/c1-20(17-11-5-2-6-12-17,18-13-7-3-8-14-18)19-15-9-4-10-16-19;;;;/h2-16H,1H3;3*1H;/q+1;;;;+3/p-3. The van der Waals surface area contributed by atoms with E-state index in [0.717, 1.165) is 0 Å². The van der Waals surface area contributed by atoms with Crippen LogP contribution in [0.1, 0.15) is 0 Å². The minimum atomic E-state index is -2.03. The number of hydrogen-bond acceptors (Lipinski definition) is 0. The second kappa shape index (κ2) is 10.1. The van der Waals surface area contributed by atoms with Crippen LogP contribution in [-0.2, 0) is 0 Å². The second-order valence-corrected chi connectivity index (χ2v) is 20.1. The van der Waals surface area contributed by atoms with Crippen LogP contribution < -0.4 is 15.9 Å².